The highest BCUT2D eigenvalue weighted by Crippen LogP contribution is 2.26. The molecule has 114 valence electrons. The van der Waals surface area contributed by atoms with Gasteiger partial charge in [0.1, 0.15) is 0 Å². The molecule has 1 rings (SSSR count). The average molecular weight is 290 g/mol. The molecule has 1 aliphatic heterocycles. The zero-order valence-corrected chi connectivity index (χ0v) is 13.8. The van der Waals surface area contributed by atoms with Gasteiger partial charge in [-0.15, -0.1) is 0 Å². The quantitative estimate of drug-likeness (QED) is 0.815. The van der Waals surface area contributed by atoms with Crippen LogP contribution in [0.5, 0.6) is 0 Å². The van der Waals surface area contributed by atoms with Crippen LogP contribution in [0, 0.1) is 11.8 Å². The lowest BCUT2D eigenvalue weighted by atomic mass is 9.86. The molecule has 0 aromatic rings. The Balaban J connectivity index is 2.48. The van der Waals surface area contributed by atoms with Crippen LogP contribution >= 0.6 is 0 Å². The van der Waals surface area contributed by atoms with Gasteiger partial charge in [0.15, 0.2) is 0 Å². The fourth-order valence-electron chi connectivity index (χ4n) is 2.94. The van der Waals surface area contributed by atoms with E-state index in [1.54, 1.807) is 4.31 Å². The highest BCUT2D eigenvalue weighted by Gasteiger charge is 2.27. The lowest BCUT2D eigenvalue weighted by molar-refractivity contribution is 0.217. The molecule has 0 saturated carbocycles. The second kappa shape index (κ2) is 7.04. The molecule has 1 aliphatic rings. The summed E-state index contributed by atoms with van der Waals surface area (Å²) in [6, 6.07) is 0.977. The van der Waals surface area contributed by atoms with Crippen molar-refractivity contribution in [2.45, 2.75) is 59.0 Å². The van der Waals surface area contributed by atoms with Crippen LogP contribution < -0.4 is 5.32 Å². The summed E-state index contributed by atoms with van der Waals surface area (Å²) in [5, 5.41) is 3.54. The van der Waals surface area contributed by atoms with E-state index in [1.807, 2.05) is 0 Å². The molecule has 3 atom stereocenters. The molecular weight excluding hydrogens is 260 g/mol. The zero-order valence-electron chi connectivity index (χ0n) is 13.0. The topological polar surface area (TPSA) is 49.4 Å². The molecule has 19 heavy (non-hydrogen) atoms. The van der Waals surface area contributed by atoms with E-state index < -0.39 is 10.0 Å². The Labute approximate surface area is 119 Å². The van der Waals surface area contributed by atoms with Crippen molar-refractivity contribution in [3.63, 3.8) is 0 Å². The van der Waals surface area contributed by atoms with Crippen LogP contribution in [-0.2, 0) is 10.0 Å². The minimum absolute atomic E-state index is 0.480. The number of rotatable bonds is 6. The van der Waals surface area contributed by atoms with Crippen LogP contribution in [0.3, 0.4) is 0 Å². The normalized spacial score (nSPS) is 25.5. The van der Waals surface area contributed by atoms with Crippen molar-refractivity contribution < 1.29 is 8.42 Å². The Hall–Kier alpha value is -0.130. The van der Waals surface area contributed by atoms with Crippen molar-refractivity contribution in [3.05, 3.63) is 0 Å². The Morgan fingerprint density at radius 1 is 1.26 bits per heavy atom. The number of nitrogens with zero attached hydrogens (tertiary/aromatic N) is 1. The summed E-state index contributed by atoms with van der Waals surface area (Å²) >= 11 is 0. The molecule has 0 aromatic heterocycles. The molecule has 4 nitrogen and oxygen atoms in total. The summed E-state index contributed by atoms with van der Waals surface area (Å²) in [7, 11) is -3.02. The smallest absolute Gasteiger partial charge is 0.211 e. The number of sulfonamides is 1. The van der Waals surface area contributed by atoms with Gasteiger partial charge in [-0.2, -0.15) is 0 Å². The van der Waals surface area contributed by atoms with Gasteiger partial charge in [-0.05, 0) is 38.0 Å². The molecule has 0 bridgehead atoms. The second-order valence-corrected chi connectivity index (χ2v) is 8.43. The fourth-order valence-corrected chi connectivity index (χ4v) is 3.88. The van der Waals surface area contributed by atoms with Crippen LogP contribution in [-0.4, -0.2) is 44.2 Å². The molecule has 0 spiro atoms. The van der Waals surface area contributed by atoms with Gasteiger partial charge in [-0.3, -0.25) is 0 Å². The third-order valence-corrected chi connectivity index (χ3v) is 5.38. The van der Waals surface area contributed by atoms with Crippen LogP contribution in [0.2, 0.25) is 0 Å². The third-order valence-electron chi connectivity index (χ3n) is 4.11. The van der Waals surface area contributed by atoms with E-state index in [2.05, 4.69) is 33.0 Å². The maximum atomic E-state index is 11.6. The Morgan fingerprint density at radius 3 is 2.42 bits per heavy atom. The molecule has 1 saturated heterocycles. The summed E-state index contributed by atoms with van der Waals surface area (Å²) in [4.78, 5) is 0. The Morgan fingerprint density at radius 2 is 1.89 bits per heavy atom. The predicted molar refractivity (Wildman–Crippen MR) is 80.7 cm³/mol. The first-order valence-electron chi connectivity index (χ1n) is 7.41. The molecule has 0 aromatic carbocycles. The molecule has 1 heterocycles. The summed E-state index contributed by atoms with van der Waals surface area (Å²) < 4.78 is 24.9. The number of piperidine rings is 1. The van der Waals surface area contributed by atoms with Crippen molar-refractivity contribution in [3.8, 4) is 0 Å². The summed E-state index contributed by atoms with van der Waals surface area (Å²) in [5.41, 5.74) is 0. The summed E-state index contributed by atoms with van der Waals surface area (Å²) in [6.07, 6.45) is 4.58. The van der Waals surface area contributed by atoms with Gasteiger partial charge in [0.2, 0.25) is 10.0 Å². The molecule has 0 radical (unpaired) electrons. The predicted octanol–water partition coefficient (Wildman–Crippen LogP) is 2.07. The molecule has 5 heteroatoms. The maximum absolute atomic E-state index is 11.6. The lowest BCUT2D eigenvalue weighted by Gasteiger charge is -2.34. The first kappa shape index (κ1) is 16.9. The van der Waals surface area contributed by atoms with Crippen molar-refractivity contribution in [1.29, 1.82) is 0 Å². The number of hydrogen-bond donors (Lipinski definition) is 1. The standard InChI is InChI=1S/C14H30N2O2S/c1-11(2)15-13(4)12(3)9-14-7-6-8-16(10-14)19(5,17)18/h11-15H,6-10H2,1-5H3. The Bertz CT molecular complexity index is 368. The minimum atomic E-state index is -3.02. The van der Waals surface area contributed by atoms with Gasteiger partial charge >= 0.3 is 0 Å². The highest BCUT2D eigenvalue weighted by atomic mass is 32.2. The molecule has 0 amide bonds. The van der Waals surface area contributed by atoms with Gasteiger partial charge in [-0.1, -0.05) is 20.8 Å². The van der Waals surface area contributed by atoms with Gasteiger partial charge in [-0.25, -0.2) is 12.7 Å². The largest absolute Gasteiger partial charge is 0.312 e. The Kier molecular flexibility index (Phi) is 6.27. The first-order valence-corrected chi connectivity index (χ1v) is 9.26. The van der Waals surface area contributed by atoms with Gasteiger partial charge in [0.25, 0.3) is 0 Å². The van der Waals surface area contributed by atoms with E-state index >= 15 is 0 Å². The maximum Gasteiger partial charge on any atom is 0.211 e. The lowest BCUT2D eigenvalue weighted by Crippen LogP contribution is -2.42. The van der Waals surface area contributed by atoms with E-state index in [9.17, 15) is 8.42 Å². The van der Waals surface area contributed by atoms with Gasteiger partial charge in [0, 0.05) is 25.2 Å². The average Bonchev–Trinajstić information content (AvgIpc) is 2.27. The minimum Gasteiger partial charge on any atom is -0.312 e. The van der Waals surface area contributed by atoms with Gasteiger partial charge in [0.05, 0.1) is 6.26 Å². The van der Waals surface area contributed by atoms with E-state index in [4.69, 9.17) is 0 Å². The van der Waals surface area contributed by atoms with E-state index in [1.165, 1.54) is 6.26 Å². The highest BCUT2D eigenvalue weighted by molar-refractivity contribution is 7.88. The van der Waals surface area contributed by atoms with Gasteiger partial charge < -0.3 is 5.32 Å². The molecule has 3 unspecified atom stereocenters. The first-order chi connectivity index (χ1) is 8.70. The summed E-state index contributed by atoms with van der Waals surface area (Å²) in [5.74, 6) is 1.08. The van der Waals surface area contributed by atoms with E-state index in [-0.39, 0.29) is 0 Å². The zero-order chi connectivity index (χ0) is 14.6. The number of hydrogen-bond acceptors (Lipinski definition) is 3. The second-order valence-electron chi connectivity index (χ2n) is 6.45. The monoisotopic (exact) mass is 290 g/mol. The van der Waals surface area contributed by atoms with E-state index in [0.29, 0.717) is 37.0 Å². The van der Waals surface area contributed by atoms with Crippen LogP contribution in [0.25, 0.3) is 0 Å². The fraction of sp³-hybridized carbons (Fsp3) is 1.00. The van der Waals surface area contributed by atoms with Crippen LogP contribution in [0.1, 0.15) is 47.0 Å². The van der Waals surface area contributed by atoms with Crippen molar-refractivity contribution in [1.82, 2.24) is 9.62 Å². The molecule has 1 fully saturated rings. The van der Waals surface area contributed by atoms with Crippen molar-refractivity contribution >= 4 is 10.0 Å². The summed E-state index contributed by atoms with van der Waals surface area (Å²) in [6.45, 7) is 10.2. The SMILES string of the molecule is CC(C)NC(C)C(C)CC1CCCN(S(C)(=O)=O)C1. The van der Waals surface area contributed by atoms with Crippen LogP contribution in [0.15, 0.2) is 0 Å². The molecular formula is C14H30N2O2S. The molecule has 1 N–H and O–H groups in total. The van der Waals surface area contributed by atoms with Crippen LogP contribution in [0.4, 0.5) is 0 Å². The molecule has 0 aliphatic carbocycles. The van der Waals surface area contributed by atoms with E-state index in [0.717, 1.165) is 19.3 Å². The van der Waals surface area contributed by atoms with Crippen molar-refractivity contribution in [2.24, 2.45) is 11.8 Å². The number of nitrogens with one attached hydrogen (secondary N) is 1. The third kappa shape index (κ3) is 5.79. The van der Waals surface area contributed by atoms with Crippen molar-refractivity contribution in [2.75, 3.05) is 19.3 Å².